The van der Waals surface area contributed by atoms with Gasteiger partial charge >= 0.3 is 12.0 Å². The van der Waals surface area contributed by atoms with E-state index in [4.69, 9.17) is 10.5 Å². The summed E-state index contributed by atoms with van der Waals surface area (Å²) in [7, 11) is 0. The molecular weight excluding hydrogens is 310 g/mol. The summed E-state index contributed by atoms with van der Waals surface area (Å²) in [6.07, 6.45) is 0.147. The summed E-state index contributed by atoms with van der Waals surface area (Å²) in [5.74, 6) is -0.484. The number of carbonyl (C=O) groups is 2. The predicted octanol–water partition coefficient (Wildman–Crippen LogP) is 1.86. The summed E-state index contributed by atoms with van der Waals surface area (Å²) in [4.78, 5) is 23.1. The minimum Gasteiger partial charge on any atom is -0.507 e. The van der Waals surface area contributed by atoms with Crippen molar-refractivity contribution in [3.05, 3.63) is 59.7 Å². The van der Waals surface area contributed by atoms with Crippen molar-refractivity contribution in [2.75, 3.05) is 0 Å². The van der Waals surface area contributed by atoms with Crippen LogP contribution in [0.1, 0.15) is 23.5 Å². The highest BCUT2D eigenvalue weighted by Crippen LogP contribution is 2.37. The van der Waals surface area contributed by atoms with Crippen LogP contribution in [-0.4, -0.2) is 22.8 Å². The van der Waals surface area contributed by atoms with Gasteiger partial charge in [-0.15, -0.1) is 0 Å². The first-order valence-corrected chi connectivity index (χ1v) is 7.27. The van der Waals surface area contributed by atoms with Gasteiger partial charge in [0.05, 0.1) is 11.6 Å². The fraction of sp³-hybridized carbons (Fsp3) is 0.118. The van der Waals surface area contributed by atoms with Crippen LogP contribution < -0.4 is 15.9 Å². The smallest absolute Gasteiger partial charge is 0.332 e. The Balaban J connectivity index is 1.96. The Morgan fingerprint density at radius 2 is 1.92 bits per heavy atom. The van der Waals surface area contributed by atoms with Gasteiger partial charge in [0.25, 0.3) is 0 Å². The molecule has 1 aliphatic heterocycles. The molecule has 24 heavy (non-hydrogen) atoms. The van der Waals surface area contributed by atoms with E-state index in [2.05, 4.69) is 10.5 Å². The molecule has 0 aromatic heterocycles. The zero-order valence-corrected chi connectivity index (χ0v) is 12.6. The van der Waals surface area contributed by atoms with E-state index in [0.29, 0.717) is 17.0 Å². The summed E-state index contributed by atoms with van der Waals surface area (Å²) < 4.78 is 5.24. The molecule has 0 fully saturated rings. The second-order valence-corrected chi connectivity index (χ2v) is 5.27. The average Bonchev–Trinajstić information content (AvgIpc) is 2.87. The minimum atomic E-state index is -0.836. The first kappa shape index (κ1) is 15.5. The first-order valence-electron chi connectivity index (χ1n) is 7.27. The second kappa shape index (κ2) is 6.41. The molecule has 0 radical (unpaired) electrons. The summed E-state index contributed by atoms with van der Waals surface area (Å²) in [5.41, 5.74) is 8.68. The topological polar surface area (TPSA) is 114 Å². The Morgan fingerprint density at radius 3 is 2.67 bits per heavy atom. The lowest BCUT2D eigenvalue weighted by atomic mass is 9.92. The van der Waals surface area contributed by atoms with Crippen LogP contribution in [0.4, 0.5) is 4.79 Å². The molecule has 2 aromatic carbocycles. The fourth-order valence-electron chi connectivity index (χ4n) is 2.61. The standard InChI is InChI=1S/C17H15N3O4/c18-17(23)20-19-13(11-6-1-3-7-14(11)21)9-12-10-5-2-4-8-15(10)24-16(12)22/h1-8,12,21H,9H2,(H3,18,20,23)/b19-13-/t12-/m1/s1. The van der Waals surface area contributed by atoms with Crippen LogP contribution in [0.25, 0.3) is 0 Å². The fourth-order valence-corrected chi connectivity index (χ4v) is 2.61. The molecule has 7 heteroatoms. The van der Waals surface area contributed by atoms with Crippen molar-refractivity contribution in [1.29, 1.82) is 0 Å². The molecule has 7 nitrogen and oxygen atoms in total. The van der Waals surface area contributed by atoms with Crippen LogP contribution >= 0.6 is 0 Å². The van der Waals surface area contributed by atoms with Gasteiger partial charge in [0.2, 0.25) is 0 Å². The lowest BCUT2D eigenvalue weighted by Gasteiger charge is -2.12. The highest BCUT2D eigenvalue weighted by atomic mass is 16.5. The van der Waals surface area contributed by atoms with Crippen molar-refractivity contribution in [1.82, 2.24) is 5.43 Å². The van der Waals surface area contributed by atoms with Crippen molar-refractivity contribution in [2.45, 2.75) is 12.3 Å². The lowest BCUT2D eigenvalue weighted by molar-refractivity contribution is -0.133. The lowest BCUT2D eigenvalue weighted by Crippen LogP contribution is -2.27. The van der Waals surface area contributed by atoms with Crippen LogP contribution in [-0.2, 0) is 4.79 Å². The van der Waals surface area contributed by atoms with Gasteiger partial charge in [0.15, 0.2) is 0 Å². The number of carbonyl (C=O) groups excluding carboxylic acids is 2. The average molecular weight is 325 g/mol. The number of urea groups is 1. The van der Waals surface area contributed by atoms with Gasteiger partial charge in [-0.2, -0.15) is 5.10 Å². The number of nitrogens with two attached hydrogens (primary N) is 1. The SMILES string of the molecule is NC(=O)N/N=C(/C[C@H]1C(=O)Oc2ccccc21)c1ccccc1O. The highest BCUT2D eigenvalue weighted by molar-refractivity contribution is 6.06. The van der Waals surface area contributed by atoms with Crippen molar-refractivity contribution in [3.8, 4) is 11.5 Å². The maximum Gasteiger partial charge on any atom is 0.332 e. The Hall–Kier alpha value is -3.35. The Kier molecular flexibility index (Phi) is 4.15. The van der Waals surface area contributed by atoms with Gasteiger partial charge in [0.1, 0.15) is 11.5 Å². The number of nitrogens with zero attached hydrogens (tertiary/aromatic N) is 1. The molecular formula is C17H15N3O4. The molecule has 2 amide bonds. The van der Waals surface area contributed by atoms with E-state index in [0.717, 1.165) is 5.56 Å². The van der Waals surface area contributed by atoms with Crippen molar-refractivity contribution >= 4 is 17.7 Å². The number of esters is 1. The molecule has 2 aromatic rings. The van der Waals surface area contributed by atoms with E-state index in [-0.39, 0.29) is 12.2 Å². The number of hydrogen-bond donors (Lipinski definition) is 3. The predicted molar refractivity (Wildman–Crippen MR) is 86.8 cm³/mol. The summed E-state index contributed by atoms with van der Waals surface area (Å²) in [6.45, 7) is 0. The number of ether oxygens (including phenoxy) is 1. The number of para-hydroxylation sites is 2. The number of primary amides is 1. The van der Waals surface area contributed by atoms with Crippen molar-refractivity contribution in [2.24, 2.45) is 10.8 Å². The Labute approximate surface area is 137 Å². The van der Waals surface area contributed by atoms with Crippen LogP contribution in [0.3, 0.4) is 0 Å². The highest BCUT2D eigenvalue weighted by Gasteiger charge is 2.34. The number of hydrazone groups is 1. The van der Waals surface area contributed by atoms with E-state index >= 15 is 0 Å². The third kappa shape index (κ3) is 3.05. The van der Waals surface area contributed by atoms with Crippen molar-refractivity contribution in [3.63, 3.8) is 0 Å². The Bertz CT molecular complexity index is 832. The van der Waals surface area contributed by atoms with Gasteiger partial charge in [-0.3, -0.25) is 4.79 Å². The zero-order chi connectivity index (χ0) is 17.1. The van der Waals surface area contributed by atoms with Gasteiger partial charge in [0, 0.05) is 17.5 Å². The van der Waals surface area contributed by atoms with Crippen LogP contribution in [0.15, 0.2) is 53.6 Å². The van der Waals surface area contributed by atoms with E-state index in [1.165, 1.54) is 6.07 Å². The summed E-state index contributed by atoms with van der Waals surface area (Å²) in [6, 6.07) is 12.8. The third-order valence-corrected chi connectivity index (χ3v) is 3.70. The van der Waals surface area contributed by atoms with E-state index in [9.17, 15) is 14.7 Å². The van der Waals surface area contributed by atoms with Gasteiger partial charge < -0.3 is 15.6 Å². The molecule has 3 rings (SSSR count). The number of phenols is 1. The van der Waals surface area contributed by atoms with Crippen LogP contribution in [0, 0.1) is 0 Å². The number of fused-ring (bicyclic) bond motifs is 1. The summed E-state index contributed by atoms with van der Waals surface area (Å²) >= 11 is 0. The van der Waals surface area contributed by atoms with Gasteiger partial charge in [-0.25, -0.2) is 10.2 Å². The number of phenolic OH excluding ortho intramolecular Hbond substituents is 1. The molecule has 0 bridgehead atoms. The van der Waals surface area contributed by atoms with E-state index < -0.39 is 17.9 Å². The largest absolute Gasteiger partial charge is 0.507 e. The number of hydrogen-bond acceptors (Lipinski definition) is 5. The molecule has 1 atom stereocenters. The number of rotatable bonds is 4. The number of amides is 2. The maximum absolute atomic E-state index is 12.2. The third-order valence-electron chi connectivity index (χ3n) is 3.70. The first-order chi connectivity index (χ1) is 11.6. The minimum absolute atomic E-state index is 0.0119. The van der Waals surface area contributed by atoms with Crippen LogP contribution in [0.2, 0.25) is 0 Å². The quantitative estimate of drug-likeness (QED) is 0.344. The molecule has 122 valence electrons. The molecule has 0 saturated heterocycles. The van der Waals surface area contributed by atoms with E-state index in [1.807, 2.05) is 6.07 Å². The molecule has 4 N–H and O–H groups in total. The van der Waals surface area contributed by atoms with Crippen molar-refractivity contribution < 1.29 is 19.4 Å². The molecule has 0 spiro atoms. The Morgan fingerprint density at radius 1 is 1.21 bits per heavy atom. The molecule has 0 unspecified atom stereocenters. The molecule has 0 aliphatic carbocycles. The molecule has 1 aliphatic rings. The van der Waals surface area contributed by atoms with Crippen LogP contribution in [0.5, 0.6) is 11.5 Å². The monoisotopic (exact) mass is 325 g/mol. The van der Waals surface area contributed by atoms with E-state index in [1.54, 1.807) is 36.4 Å². The van der Waals surface area contributed by atoms with Gasteiger partial charge in [-0.05, 0) is 18.2 Å². The zero-order valence-electron chi connectivity index (χ0n) is 12.6. The summed E-state index contributed by atoms with van der Waals surface area (Å²) in [5, 5.41) is 14.0. The maximum atomic E-state index is 12.2. The second-order valence-electron chi connectivity index (χ2n) is 5.27. The molecule has 1 heterocycles. The normalized spacial score (nSPS) is 16.4. The number of aromatic hydroxyl groups is 1. The molecule has 0 saturated carbocycles. The number of nitrogens with one attached hydrogen (secondary N) is 1. The number of benzene rings is 2. The van der Waals surface area contributed by atoms with Gasteiger partial charge in [-0.1, -0.05) is 30.3 Å².